The number of fused-ring (bicyclic) bond motifs is 1. The van der Waals surface area contributed by atoms with Gasteiger partial charge < -0.3 is 4.98 Å². The van der Waals surface area contributed by atoms with E-state index in [9.17, 15) is 13.2 Å². The number of rotatable bonds is 8. The molecular formula is C21H22Cl2N2O3S. The monoisotopic (exact) mass is 452 g/mol. The number of benzene rings is 2. The third-order valence-corrected chi connectivity index (χ3v) is 6.60. The van der Waals surface area contributed by atoms with E-state index in [-0.39, 0.29) is 5.75 Å². The second-order valence-corrected chi connectivity index (χ2v) is 9.63. The number of nitrogens with one attached hydrogen (secondary N) is 2. The first-order chi connectivity index (χ1) is 13.8. The Morgan fingerprint density at radius 1 is 1.07 bits per heavy atom. The SMILES string of the molecule is CCCCCS(=O)(=O)NC(=O)c1ccc2[nH]cc(Cc3ccc(Cl)cc3Cl)c2c1. The molecule has 0 atom stereocenters. The number of unbranched alkanes of at least 4 members (excludes halogenated alkanes) is 2. The number of sulfonamides is 1. The van der Waals surface area contributed by atoms with Crippen molar-refractivity contribution < 1.29 is 13.2 Å². The van der Waals surface area contributed by atoms with Gasteiger partial charge in [0.25, 0.3) is 5.91 Å². The summed E-state index contributed by atoms with van der Waals surface area (Å²) in [5.74, 6) is -0.681. The van der Waals surface area contributed by atoms with E-state index in [1.54, 1.807) is 30.3 Å². The van der Waals surface area contributed by atoms with E-state index in [4.69, 9.17) is 23.2 Å². The number of amides is 1. The zero-order valence-corrected chi connectivity index (χ0v) is 18.3. The van der Waals surface area contributed by atoms with E-state index >= 15 is 0 Å². The highest BCUT2D eigenvalue weighted by Gasteiger charge is 2.17. The molecule has 0 saturated carbocycles. The third-order valence-electron chi connectivity index (χ3n) is 4.69. The van der Waals surface area contributed by atoms with Gasteiger partial charge in [-0.1, -0.05) is 49.0 Å². The smallest absolute Gasteiger partial charge is 0.264 e. The molecule has 0 unspecified atom stereocenters. The van der Waals surface area contributed by atoms with Gasteiger partial charge in [-0.2, -0.15) is 0 Å². The molecule has 1 amide bonds. The average Bonchev–Trinajstić information content (AvgIpc) is 3.06. The maximum atomic E-state index is 12.5. The molecule has 0 radical (unpaired) electrons. The fourth-order valence-electron chi connectivity index (χ4n) is 3.13. The Morgan fingerprint density at radius 3 is 2.59 bits per heavy atom. The zero-order chi connectivity index (χ0) is 21.0. The first-order valence-electron chi connectivity index (χ1n) is 9.38. The van der Waals surface area contributed by atoms with Crippen LogP contribution in [-0.4, -0.2) is 25.1 Å². The molecule has 3 rings (SSSR count). The molecule has 0 aliphatic rings. The highest BCUT2D eigenvalue weighted by Crippen LogP contribution is 2.27. The number of hydrogen-bond donors (Lipinski definition) is 2. The topological polar surface area (TPSA) is 79.0 Å². The maximum absolute atomic E-state index is 12.5. The van der Waals surface area contributed by atoms with Crippen LogP contribution in [0.4, 0.5) is 0 Å². The fourth-order valence-corrected chi connectivity index (χ4v) is 4.69. The minimum Gasteiger partial charge on any atom is -0.361 e. The van der Waals surface area contributed by atoms with Crippen LogP contribution in [0.1, 0.15) is 47.7 Å². The van der Waals surface area contributed by atoms with E-state index in [1.165, 1.54) is 0 Å². The Balaban J connectivity index is 1.82. The van der Waals surface area contributed by atoms with Gasteiger partial charge in [-0.3, -0.25) is 4.79 Å². The molecule has 0 aliphatic heterocycles. The summed E-state index contributed by atoms with van der Waals surface area (Å²) < 4.78 is 26.4. The van der Waals surface area contributed by atoms with Crippen molar-refractivity contribution in [3.63, 3.8) is 0 Å². The van der Waals surface area contributed by atoms with Gasteiger partial charge >= 0.3 is 0 Å². The van der Waals surface area contributed by atoms with Crippen molar-refractivity contribution in [1.82, 2.24) is 9.71 Å². The van der Waals surface area contributed by atoms with Crippen LogP contribution in [0.3, 0.4) is 0 Å². The van der Waals surface area contributed by atoms with Gasteiger partial charge in [0.05, 0.1) is 5.75 Å². The van der Waals surface area contributed by atoms with Crippen LogP contribution in [0.25, 0.3) is 10.9 Å². The zero-order valence-electron chi connectivity index (χ0n) is 16.0. The molecule has 0 saturated heterocycles. The van der Waals surface area contributed by atoms with E-state index in [1.807, 2.05) is 19.2 Å². The second kappa shape index (κ2) is 9.20. The summed E-state index contributed by atoms with van der Waals surface area (Å²) in [6.07, 6.45) is 4.66. The standard InChI is InChI=1S/C21H22Cl2N2O3S/c1-2-3-4-9-29(27,28)25-21(26)15-6-8-20-18(11-15)16(13-24-20)10-14-5-7-17(22)12-19(14)23/h5-8,11-13,24H,2-4,9-10H2,1H3,(H,25,26). The minimum absolute atomic E-state index is 0.0563. The summed E-state index contributed by atoms with van der Waals surface area (Å²) in [6.45, 7) is 1.99. The lowest BCUT2D eigenvalue weighted by Gasteiger charge is -2.08. The Bertz CT molecular complexity index is 1140. The van der Waals surface area contributed by atoms with Gasteiger partial charge in [-0.25, -0.2) is 13.1 Å². The van der Waals surface area contributed by atoms with Crippen LogP contribution in [0.15, 0.2) is 42.6 Å². The number of carbonyl (C=O) groups excluding carboxylic acids is 1. The maximum Gasteiger partial charge on any atom is 0.264 e. The molecule has 1 heterocycles. The predicted octanol–water partition coefficient (Wildman–Crippen LogP) is 5.32. The van der Waals surface area contributed by atoms with Crippen molar-refractivity contribution in [2.45, 2.75) is 32.6 Å². The summed E-state index contributed by atoms with van der Waals surface area (Å²) >= 11 is 12.2. The number of H-pyrrole nitrogens is 1. The molecule has 0 spiro atoms. The van der Waals surface area contributed by atoms with Gasteiger partial charge in [0.15, 0.2) is 0 Å². The molecule has 5 nitrogen and oxygen atoms in total. The Labute approximate surface area is 180 Å². The molecule has 154 valence electrons. The Morgan fingerprint density at radius 2 is 1.86 bits per heavy atom. The Kier molecular flexibility index (Phi) is 6.88. The molecule has 8 heteroatoms. The highest BCUT2D eigenvalue weighted by atomic mass is 35.5. The van der Waals surface area contributed by atoms with E-state index in [2.05, 4.69) is 9.71 Å². The van der Waals surface area contributed by atoms with Crippen LogP contribution in [0, 0.1) is 0 Å². The number of hydrogen-bond acceptors (Lipinski definition) is 3. The molecule has 0 fully saturated rings. The van der Waals surface area contributed by atoms with Gasteiger partial charge in [0.2, 0.25) is 10.0 Å². The number of aromatic amines is 1. The first kappa shape index (κ1) is 21.7. The predicted molar refractivity (Wildman–Crippen MR) is 118 cm³/mol. The van der Waals surface area contributed by atoms with E-state index in [0.717, 1.165) is 34.9 Å². The summed E-state index contributed by atoms with van der Waals surface area (Å²) in [5.41, 5.74) is 3.00. The summed E-state index contributed by atoms with van der Waals surface area (Å²) in [5, 5.41) is 1.97. The van der Waals surface area contributed by atoms with Crippen LogP contribution in [-0.2, 0) is 16.4 Å². The molecule has 0 bridgehead atoms. The number of aromatic nitrogens is 1. The molecule has 0 aliphatic carbocycles. The first-order valence-corrected chi connectivity index (χ1v) is 11.8. The summed E-state index contributed by atoms with van der Waals surface area (Å²) in [4.78, 5) is 15.7. The van der Waals surface area contributed by atoms with Crippen molar-refractivity contribution in [2.75, 3.05) is 5.75 Å². The van der Waals surface area contributed by atoms with E-state index in [0.29, 0.717) is 28.5 Å². The third kappa shape index (κ3) is 5.53. The van der Waals surface area contributed by atoms with Gasteiger partial charge in [0.1, 0.15) is 0 Å². The average molecular weight is 453 g/mol. The second-order valence-electron chi connectivity index (χ2n) is 6.94. The summed E-state index contributed by atoms with van der Waals surface area (Å²) in [6, 6.07) is 10.4. The molecular weight excluding hydrogens is 431 g/mol. The van der Waals surface area contributed by atoms with E-state index < -0.39 is 15.9 Å². The molecule has 2 aromatic carbocycles. The van der Waals surface area contributed by atoms with Gasteiger partial charge in [-0.05, 0) is 47.9 Å². The van der Waals surface area contributed by atoms with Crippen molar-refractivity contribution in [3.8, 4) is 0 Å². The largest absolute Gasteiger partial charge is 0.361 e. The lowest BCUT2D eigenvalue weighted by atomic mass is 10.0. The van der Waals surface area contributed by atoms with Crippen molar-refractivity contribution >= 4 is 50.0 Å². The normalized spacial score (nSPS) is 11.7. The van der Waals surface area contributed by atoms with Crippen LogP contribution >= 0.6 is 23.2 Å². The lowest BCUT2D eigenvalue weighted by Crippen LogP contribution is -2.32. The Hall–Kier alpha value is -2.02. The van der Waals surface area contributed by atoms with Gasteiger partial charge in [0, 0.05) is 39.1 Å². The minimum atomic E-state index is -3.65. The van der Waals surface area contributed by atoms with Crippen molar-refractivity contribution in [2.24, 2.45) is 0 Å². The van der Waals surface area contributed by atoms with Crippen LogP contribution in [0.5, 0.6) is 0 Å². The fraction of sp³-hybridized carbons (Fsp3) is 0.286. The molecule has 2 N–H and O–H groups in total. The molecule has 3 aromatic rings. The number of carbonyl (C=O) groups is 1. The van der Waals surface area contributed by atoms with Crippen LogP contribution < -0.4 is 4.72 Å². The number of halogens is 2. The molecule has 29 heavy (non-hydrogen) atoms. The quantitative estimate of drug-likeness (QED) is 0.454. The summed E-state index contributed by atoms with van der Waals surface area (Å²) in [7, 11) is -3.65. The lowest BCUT2D eigenvalue weighted by molar-refractivity contribution is 0.0981. The van der Waals surface area contributed by atoms with Crippen LogP contribution in [0.2, 0.25) is 10.0 Å². The van der Waals surface area contributed by atoms with Crippen molar-refractivity contribution in [3.05, 3.63) is 69.3 Å². The van der Waals surface area contributed by atoms with Gasteiger partial charge in [-0.15, -0.1) is 0 Å². The van der Waals surface area contributed by atoms with Crippen molar-refractivity contribution in [1.29, 1.82) is 0 Å². The highest BCUT2D eigenvalue weighted by molar-refractivity contribution is 7.90. The molecule has 1 aromatic heterocycles.